The Hall–Kier alpha value is -4.36. The summed E-state index contributed by atoms with van der Waals surface area (Å²) in [7, 11) is 0. The zero-order chi connectivity index (χ0) is 24.9. The van der Waals surface area contributed by atoms with E-state index in [1.807, 2.05) is 67.0 Å². The van der Waals surface area contributed by atoms with Gasteiger partial charge in [-0.2, -0.15) is 5.11 Å². The summed E-state index contributed by atoms with van der Waals surface area (Å²) in [6, 6.07) is 20.6. The fraction of sp³-hybridized carbons (Fsp3) is 0.172. The van der Waals surface area contributed by atoms with Crippen molar-refractivity contribution in [1.82, 2.24) is 14.9 Å². The van der Waals surface area contributed by atoms with Crippen molar-refractivity contribution in [3.63, 3.8) is 0 Å². The van der Waals surface area contributed by atoms with Crippen LogP contribution in [0.5, 0.6) is 11.5 Å². The van der Waals surface area contributed by atoms with Crippen molar-refractivity contribution in [2.45, 2.75) is 26.1 Å². The number of azo groups is 1. The largest absolute Gasteiger partial charge is 0.507 e. The molecular weight excluding hydrogens is 450 g/mol. The van der Waals surface area contributed by atoms with Crippen molar-refractivity contribution < 1.29 is 10.2 Å². The van der Waals surface area contributed by atoms with E-state index in [1.54, 1.807) is 12.1 Å². The SMILES string of the molecule is CC1C=C(N=Nc2c(O)cc(O)c3ccccc23)C=CC1N(Cc1ccccn1)Cc1ccccn1. The molecule has 36 heavy (non-hydrogen) atoms. The summed E-state index contributed by atoms with van der Waals surface area (Å²) in [6.45, 7) is 3.53. The third kappa shape index (κ3) is 5.16. The summed E-state index contributed by atoms with van der Waals surface area (Å²) >= 11 is 0. The Kier molecular flexibility index (Phi) is 6.82. The molecule has 0 saturated carbocycles. The third-order valence-electron chi connectivity index (χ3n) is 6.28. The summed E-state index contributed by atoms with van der Waals surface area (Å²) in [5, 5.41) is 30.6. The number of phenolic OH excluding ortho intramolecular Hbond substituents is 2. The molecule has 0 radical (unpaired) electrons. The Balaban J connectivity index is 1.39. The van der Waals surface area contributed by atoms with Gasteiger partial charge in [-0.05, 0) is 36.3 Å². The summed E-state index contributed by atoms with van der Waals surface area (Å²) in [4.78, 5) is 11.4. The normalized spacial score (nSPS) is 17.7. The van der Waals surface area contributed by atoms with E-state index >= 15 is 0 Å². The Bertz CT molecular complexity index is 1390. The van der Waals surface area contributed by atoms with Crippen molar-refractivity contribution in [2.75, 3.05) is 0 Å². The Morgan fingerprint density at radius 1 is 0.806 bits per heavy atom. The van der Waals surface area contributed by atoms with E-state index in [4.69, 9.17) is 0 Å². The van der Waals surface area contributed by atoms with Gasteiger partial charge in [-0.25, -0.2) is 0 Å². The van der Waals surface area contributed by atoms with Gasteiger partial charge in [0.15, 0.2) is 0 Å². The Labute approximate surface area is 209 Å². The van der Waals surface area contributed by atoms with Gasteiger partial charge in [-0.15, -0.1) is 5.11 Å². The van der Waals surface area contributed by atoms with Gasteiger partial charge in [0.25, 0.3) is 0 Å². The van der Waals surface area contributed by atoms with E-state index < -0.39 is 0 Å². The van der Waals surface area contributed by atoms with E-state index in [1.165, 1.54) is 6.07 Å². The van der Waals surface area contributed by atoms with Crippen LogP contribution in [0.25, 0.3) is 10.8 Å². The zero-order valence-electron chi connectivity index (χ0n) is 19.9. The maximum absolute atomic E-state index is 10.4. The molecule has 0 bridgehead atoms. The molecular formula is C29H27N5O2. The summed E-state index contributed by atoms with van der Waals surface area (Å²) in [5.74, 6) is 0.0517. The first-order valence-electron chi connectivity index (χ1n) is 11.9. The third-order valence-corrected chi connectivity index (χ3v) is 6.28. The molecule has 2 N–H and O–H groups in total. The highest BCUT2D eigenvalue weighted by Crippen LogP contribution is 2.40. The van der Waals surface area contributed by atoms with Crippen molar-refractivity contribution in [3.05, 3.63) is 114 Å². The van der Waals surface area contributed by atoms with Crippen molar-refractivity contribution in [1.29, 1.82) is 0 Å². The van der Waals surface area contributed by atoms with Gasteiger partial charge < -0.3 is 10.2 Å². The maximum Gasteiger partial charge on any atom is 0.147 e. The molecule has 4 aromatic rings. The van der Waals surface area contributed by atoms with Crippen LogP contribution in [-0.4, -0.2) is 31.1 Å². The first-order valence-corrected chi connectivity index (χ1v) is 11.9. The van der Waals surface area contributed by atoms with E-state index in [0.717, 1.165) is 11.4 Å². The number of benzene rings is 2. The lowest BCUT2D eigenvalue weighted by atomic mass is 9.93. The standard InChI is InChI=1S/C29H27N5O2/c1-20-16-21(32-33-29-25-11-3-2-10-24(25)27(35)17-28(29)36)12-13-26(20)34(18-22-8-4-6-14-30-22)19-23-9-5-7-15-31-23/h2-17,20,26,35-36H,18-19H2,1H3. The topological polar surface area (TPSA) is 94.2 Å². The van der Waals surface area contributed by atoms with Crippen molar-refractivity contribution in [2.24, 2.45) is 16.1 Å². The van der Waals surface area contributed by atoms with E-state index in [-0.39, 0.29) is 23.5 Å². The zero-order valence-corrected chi connectivity index (χ0v) is 19.9. The average Bonchev–Trinajstić information content (AvgIpc) is 2.89. The Morgan fingerprint density at radius 3 is 2.06 bits per heavy atom. The molecule has 0 amide bonds. The molecule has 2 atom stereocenters. The monoisotopic (exact) mass is 477 g/mol. The van der Waals surface area contributed by atoms with E-state index in [2.05, 4.69) is 44.2 Å². The summed E-state index contributed by atoms with van der Waals surface area (Å²) < 4.78 is 0. The number of phenols is 2. The number of allylic oxidation sites excluding steroid dienone is 1. The van der Waals surface area contributed by atoms with Gasteiger partial charge in [-0.1, -0.05) is 55.5 Å². The molecule has 1 aliphatic carbocycles. The van der Waals surface area contributed by atoms with Crippen LogP contribution in [0.15, 0.2) is 113 Å². The minimum Gasteiger partial charge on any atom is -0.507 e. The van der Waals surface area contributed by atoms with Crippen molar-refractivity contribution in [3.8, 4) is 11.5 Å². The molecule has 7 heteroatoms. The predicted molar refractivity (Wildman–Crippen MR) is 140 cm³/mol. The van der Waals surface area contributed by atoms with Crippen LogP contribution in [0.1, 0.15) is 18.3 Å². The van der Waals surface area contributed by atoms with Crippen LogP contribution in [-0.2, 0) is 13.1 Å². The van der Waals surface area contributed by atoms with Crippen LogP contribution in [0.2, 0.25) is 0 Å². The number of pyridine rings is 2. The van der Waals surface area contributed by atoms with Gasteiger partial charge >= 0.3 is 0 Å². The van der Waals surface area contributed by atoms with Gasteiger partial charge in [-0.3, -0.25) is 14.9 Å². The number of hydrogen-bond donors (Lipinski definition) is 2. The number of aromatic hydroxyl groups is 2. The second-order valence-electron chi connectivity index (χ2n) is 8.86. The van der Waals surface area contributed by atoms with Crippen LogP contribution < -0.4 is 0 Å². The van der Waals surface area contributed by atoms with Gasteiger partial charge in [0, 0.05) is 48.4 Å². The van der Waals surface area contributed by atoms with E-state index in [9.17, 15) is 10.2 Å². The van der Waals surface area contributed by atoms with Crippen LogP contribution in [0, 0.1) is 5.92 Å². The number of nitrogens with zero attached hydrogens (tertiary/aromatic N) is 5. The molecule has 180 valence electrons. The van der Waals surface area contributed by atoms with Crippen molar-refractivity contribution >= 4 is 16.5 Å². The number of rotatable bonds is 7. The lowest BCUT2D eigenvalue weighted by Crippen LogP contribution is -2.38. The molecule has 7 nitrogen and oxygen atoms in total. The molecule has 0 aliphatic heterocycles. The first kappa shape index (κ1) is 23.4. The highest BCUT2D eigenvalue weighted by atomic mass is 16.3. The molecule has 2 aromatic heterocycles. The molecule has 0 saturated heterocycles. The second kappa shape index (κ2) is 10.5. The molecule has 2 unspecified atom stereocenters. The molecule has 5 rings (SSSR count). The van der Waals surface area contributed by atoms with Gasteiger partial charge in [0.2, 0.25) is 0 Å². The quantitative estimate of drug-likeness (QED) is 0.305. The number of fused-ring (bicyclic) bond motifs is 1. The van der Waals surface area contributed by atoms with Gasteiger partial charge in [0.05, 0.1) is 17.1 Å². The highest BCUT2D eigenvalue weighted by Gasteiger charge is 2.25. The second-order valence-corrected chi connectivity index (χ2v) is 8.86. The Morgan fingerprint density at radius 2 is 1.44 bits per heavy atom. The van der Waals surface area contributed by atoms with Crippen LogP contribution in [0.4, 0.5) is 5.69 Å². The summed E-state index contributed by atoms with van der Waals surface area (Å²) in [6.07, 6.45) is 9.81. The smallest absolute Gasteiger partial charge is 0.147 e. The highest BCUT2D eigenvalue weighted by molar-refractivity contribution is 5.99. The fourth-order valence-electron chi connectivity index (χ4n) is 4.52. The molecule has 0 spiro atoms. The first-order chi connectivity index (χ1) is 17.6. The average molecular weight is 478 g/mol. The number of hydrogen-bond acceptors (Lipinski definition) is 7. The maximum atomic E-state index is 10.4. The lowest BCUT2D eigenvalue weighted by Gasteiger charge is -2.34. The molecule has 2 aromatic carbocycles. The lowest BCUT2D eigenvalue weighted by molar-refractivity contribution is 0.176. The van der Waals surface area contributed by atoms with Crippen LogP contribution in [0.3, 0.4) is 0 Å². The molecule has 2 heterocycles. The molecule has 1 aliphatic rings. The number of aromatic nitrogens is 2. The van der Waals surface area contributed by atoms with E-state index in [0.29, 0.717) is 35.2 Å². The minimum atomic E-state index is -0.113. The predicted octanol–water partition coefficient (Wildman–Crippen LogP) is 6.29. The minimum absolute atomic E-state index is 0.0104. The van der Waals surface area contributed by atoms with Gasteiger partial charge in [0.1, 0.15) is 17.2 Å². The fourth-order valence-corrected chi connectivity index (χ4v) is 4.52. The molecule has 0 fully saturated rings. The summed E-state index contributed by atoms with van der Waals surface area (Å²) in [5.41, 5.74) is 3.04. The van der Waals surface area contributed by atoms with Crippen LogP contribution >= 0.6 is 0 Å².